The second-order valence-electron chi connectivity index (χ2n) is 3.31. The number of carboxylic acids is 2. The second-order valence-corrected chi connectivity index (χ2v) is 3.31. The highest BCUT2D eigenvalue weighted by Gasteiger charge is 2.26. The van der Waals surface area contributed by atoms with Crippen molar-refractivity contribution in [1.29, 1.82) is 0 Å². The highest BCUT2D eigenvalue weighted by molar-refractivity contribution is 6.00. The molecule has 0 aromatic heterocycles. The zero-order chi connectivity index (χ0) is 12.6. The van der Waals surface area contributed by atoms with Crippen LogP contribution in [0.25, 0.3) is 0 Å². The van der Waals surface area contributed by atoms with Crippen LogP contribution in [-0.4, -0.2) is 32.4 Å². The number of rotatable bonds is 2. The minimum absolute atomic E-state index is 0.173. The van der Waals surface area contributed by atoms with E-state index in [1.165, 1.54) is 13.8 Å². The summed E-state index contributed by atoms with van der Waals surface area (Å²) in [5, 5.41) is 36.7. The predicted molar refractivity (Wildman–Crippen MR) is 53.2 cm³/mol. The molecular formula is C10H10O6. The molecule has 0 spiro atoms. The van der Waals surface area contributed by atoms with Crippen LogP contribution in [0.15, 0.2) is 0 Å². The summed E-state index contributed by atoms with van der Waals surface area (Å²) in [5.74, 6) is -4.13. The summed E-state index contributed by atoms with van der Waals surface area (Å²) in [7, 11) is 0. The van der Waals surface area contributed by atoms with Gasteiger partial charge in [0, 0.05) is 11.1 Å². The third-order valence-corrected chi connectivity index (χ3v) is 2.36. The normalized spacial score (nSPS) is 10.1. The van der Waals surface area contributed by atoms with E-state index in [-0.39, 0.29) is 11.1 Å². The van der Waals surface area contributed by atoms with Crippen LogP contribution in [0.4, 0.5) is 0 Å². The molecule has 1 aromatic carbocycles. The molecule has 0 atom stereocenters. The van der Waals surface area contributed by atoms with Crippen molar-refractivity contribution in [3.63, 3.8) is 0 Å². The molecule has 0 saturated heterocycles. The van der Waals surface area contributed by atoms with Crippen molar-refractivity contribution in [2.45, 2.75) is 13.8 Å². The number of benzene rings is 1. The van der Waals surface area contributed by atoms with E-state index < -0.39 is 34.6 Å². The summed E-state index contributed by atoms with van der Waals surface area (Å²) in [6, 6.07) is 0. The van der Waals surface area contributed by atoms with E-state index in [4.69, 9.17) is 10.2 Å². The zero-order valence-electron chi connectivity index (χ0n) is 8.61. The first-order valence-corrected chi connectivity index (χ1v) is 4.30. The van der Waals surface area contributed by atoms with Crippen molar-refractivity contribution < 1.29 is 30.0 Å². The molecule has 0 aliphatic carbocycles. The van der Waals surface area contributed by atoms with Gasteiger partial charge in [-0.1, -0.05) is 0 Å². The number of carbonyl (C=O) groups is 2. The lowest BCUT2D eigenvalue weighted by atomic mass is 9.96. The number of carboxylic acid groups (broad SMARTS) is 2. The zero-order valence-corrected chi connectivity index (χ0v) is 8.61. The van der Waals surface area contributed by atoms with Gasteiger partial charge in [-0.2, -0.15) is 0 Å². The quantitative estimate of drug-likeness (QED) is 0.561. The molecule has 0 amide bonds. The Morgan fingerprint density at radius 3 is 1.25 bits per heavy atom. The number of aromatic carboxylic acids is 2. The minimum atomic E-state index is -1.43. The molecular weight excluding hydrogens is 216 g/mol. The number of hydrogen-bond acceptors (Lipinski definition) is 4. The summed E-state index contributed by atoms with van der Waals surface area (Å²) in [6.45, 7) is 2.45. The molecule has 0 aliphatic heterocycles. The molecule has 1 aromatic rings. The van der Waals surface area contributed by atoms with Gasteiger partial charge in [-0.3, -0.25) is 0 Å². The second kappa shape index (κ2) is 3.73. The summed E-state index contributed by atoms with van der Waals surface area (Å²) in [4.78, 5) is 21.6. The van der Waals surface area contributed by atoms with Gasteiger partial charge in [-0.25, -0.2) is 9.59 Å². The average molecular weight is 226 g/mol. The molecule has 0 radical (unpaired) electrons. The van der Waals surface area contributed by atoms with Crippen LogP contribution in [0.5, 0.6) is 11.5 Å². The van der Waals surface area contributed by atoms with Crippen LogP contribution < -0.4 is 0 Å². The van der Waals surface area contributed by atoms with E-state index in [1.54, 1.807) is 0 Å². The largest absolute Gasteiger partial charge is 0.507 e. The predicted octanol–water partition coefficient (Wildman–Crippen LogP) is 1.11. The summed E-state index contributed by atoms with van der Waals surface area (Å²) >= 11 is 0. The van der Waals surface area contributed by atoms with Crippen LogP contribution in [0.3, 0.4) is 0 Å². The monoisotopic (exact) mass is 226 g/mol. The average Bonchev–Trinajstić information content (AvgIpc) is 2.14. The smallest absolute Gasteiger partial charge is 0.339 e. The van der Waals surface area contributed by atoms with Crippen LogP contribution >= 0.6 is 0 Å². The van der Waals surface area contributed by atoms with E-state index in [1.807, 2.05) is 0 Å². The van der Waals surface area contributed by atoms with E-state index >= 15 is 0 Å². The van der Waals surface area contributed by atoms with Crippen molar-refractivity contribution in [3.8, 4) is 11.5 Å². The van der Waals surface area contributed by atoms with Crippen LogP contribution in [0.1, 0.15) is 31.8 Å². The first-order chi connectivity index (χ1) is 7.29. The maximum atomic E-state index is 10.8. The lowest BCUT2D eigenvalue weighted by Crippen LogP contribution is -2.08. The molecule has 0 aliphatic rings. The number of aromatic hydroxyl groups is 2. The molecule has 1 rings (SSSR count). The molecule has 16 heavy (non-hydrogen) atoms. The highest BCUT2D eigenvalue weighted by Crippen LogP contribution is 2.36. The van der Waals surface area contributed by atoms with Crippen LogP contribution in [0, 0.1) is 13.8 Å². The molecule has 86 valence electrons. The molecule has 6 heteroatoms. The van der Waals surface area contributed by atoms with Gasteiger partial charge >= 0.3 is 11.9 Å². The molecule has 0 fully saturated rings. The first kappa shape index (κ1) is 11.8. The molecule has 0 saturated carbocycles. The Hall–Kier alpha value is -2.24. The summed E-state index contributed by atoms with van der Waals surface area (Å²) in [6.07, 6.45) is 0. The van der Waals surface area contributed by atoms with E-state index in [0.717, 1.165) is 0 Å². The van der Waals surface area contributed by atoms with Crippen LogP contribution in [-0.2, 0) is 0 Å². The summed E-state index contributed by atoms with van der Waals surface area (Å²) < 4.78 is 0. The van der Waals surface area contributed by atoms with Crippen molar-refractivity contribution in [2.24, 2.45) is 0 Å². The van der Waals surface area contributed by atoms with Crippen molar-refractivity contribution in [3.05, 3.63) is 22.3 Å². The van der Waals surface area contributed by atoms with Crippen LogP contribution in [0.2, 0.25) is 0 Å². The third kappa shape index (κ3) is 1.54. The van der Waals surface area contributed by atoms with Gasteiger partial charge in [0.1, 0.15) is 22.6 Å². The van der Waals surface area contributed by atoms with Crippen molar-refractivity contribution >= 4 is 11.9 Å². The van der Waals surface area contributed by atoms with Gasteiger partial charge in [-0.05, 0) is 13.8 Å². The van der Waals surface area contributed by atoms with Gasteiger partial charge in [0.25, 0.3) is 0 Å². The molecule has 4 N–H and O–H groups in total. The molecule has 0 unspecified atom stereocenters. The van der Waals surface area contributed by atoms with E-state index in [2.05, 4.69) is 0 Å². The Bertz CT molecular complexity index is 415. The minimum Gasteiger partial charge on any atom is -0.507 e. The maximum absolute atomic E-state index is 10.8. The van der Waals surface area contributed by atoms with Gasteiger partial charge in [0.2, 0.25) is 0 Å². The Balaban J connectivity index is 3.77. The van der Waals surface area contributed by atoms with E-state index in [0.29, 0.717) is 0 Å². The summed E-state index contributed by atoms with van der Waals surface area (Å²) in [5.41, 5.74) is -1.32. The topological polar surface area (TPSA) is 115 Å². The van der Waals surface area contributed by atoms with Crippen molar-refractivity contribution in [1.82, 2.24) is 0 Å². The highest BCUT2D eigenvalue weighted by atomic mass is 16.4. The third-order valence-electron chi connectivity index (χ3n) is 2.36. The Morgan fingerprint density at radius 1 is 0.812 bits per heavy atom. The maximum Gasteiger partial charge on any atom is 0.339 e. The fourth-order valence-corrected chi connectivity index (χ4v) is 1.49. The van der Waals surface area contributed by atoms with Gasteiger partial charge in [0.05, 0.1) is 0 Å². The molecule has 0 bridgehead atoms. The Labute approximate surface area is 90.4 Å². The first-order valence-electron chi connectivity index (χ1n) is 4.30. The van der Waals surface area contributed by atoms with Gasteiger partial charge < -0.3 is 20.4 Å². The van der Waals surface area contributed by atoms with Gasteiger partial charge in [-0.15, -0.1) is 0 Å². The number of hydrogen-bond donors (Lipinski definition) is 4. The Kier molecular flexibility index (Phi) is 2.76. The molecule has 6 nitrogen and oxygen atoms in total. The lowest BCUT2D eigenvalue weighted by molar-refractivity contribution is 0.0673. The SMILES string of the molecule is Cc1c(O)c(C(=O)O)c(C)c(O)c1C(=O)O. The van der Waals surface area contributed by atoms with E-state index in [9.17, 15) is 19.8 Å². The fraction of sp³-hybridized carbons (Fsp3) is 0.200. The molecule has 0 heterocycles. The lowest BCUT2D eigenvalue weighted by Gasteiger charge is -2.12. The van der Waals surface area contributed by atoms with Crippen molar-refractivity contribution in [2.75, 3.05) is 0 Å². The Morgan fingerprint density at radius 2 is 1.06 bits per heavy atom. The number of phenols is 2. The van der Waals surface area contributed by atoms with Gasteiger partial charge in [0.15, 0.2) is 0 Å². The standard InChI is InChI=1S/C10H10O6/c1-3-5(9(13)14)8(12)4(2)6(7(3)11)10(15)16/h11-12H,1-2H3,(H,13,14)(H,15,16). The fourth-order valence-electron chi connectivity index (χ4n) is 1.49.